The minimum absolute atomic E-state index is 1.15. The quantitative estimate of drug-likeness (QED) is 0.346. The van der Waals surface area contributed by atoms with Crippen LogP contribution in [0.2, 0.25) is 0 Å². The van der Waals surface area contributed by atoms with Crippen molar-refractivity contribution in [1.82, 2.24) is 0 Å². The predicted molar refractivity (Wildman–Crippen MR) is 92.6 cm³/mol. The first-order valence-electron chi connectivity index (χ1n) is 7.49. The summed E-state index contributed by atoms with van der Waals surface area (Å²) >= 11 is 0. The van der Waals surface area contributed by atoms with Gasteiger partial charge < -0.3 is 4.57 Å². The van der Waals surface area contributed by atoms with E-state index in [9.17, 15) is 0 Å². The number of benzene rings is 3. The Kier molecular flexibility index (Phi) is 2.87. The number of aromatic nitrogens is 1. The van der Waals surface area contributed by atoms with Crippen molar-refractivity contribution in [2.45, 2.75) is 6.92 Å². The third-order valence-electron chi connectivity index (χ3n) is 4.33. The number of hydrogen-bond donors (Lipinski definition) is 0. The number of fused-ring (bicyclic) bond motifs is 2. The van der Waals surface area contributed by atoms with E-state index in [0.717, 1.165) is 11.2 Å². The molecule has 1 aromatic heterocycles. The maximum absolute atomic E-state index is 4.29. The van der Waals surface area contributed by atoms with Gasteiger partial charge in [0, 0.05) is 12.6 Å². The average molecular weight is 283 g/mol. The zero-order chi connectivity index (χ0) is 15.1. The van der Waals surface area contributed by atoms with E-state index in [1.165, 1.54) is 27.3 Å². The molecule has 0 bridgehead atoms. The number of para-hydroxylation sites is 1. The van der Waals surface area contributed by atoms with Crippen LogP contribution in [0.15, 0.2) is 72.8 Å². The molecular weight excluding hydrogens is 266 g/mol. The van der Waals surface area contributed by atoms with Gasteiger partial charge >= 0.3 is 0 Å². The third-order valence-corrected chi connectivity index (χ3v) is 4.33. The van der Waals surface area contributed by atoms with Crippen LogP contribution in [0.5, 0.6) is 0 Å². The van der Waals surface area contributed by atoms with Crippen LogP contribution in [-0.4, -0.2) is 0 Å². The summed E-state index contributed by atoms with van der Waals surface area (Å²) < 4.78 is 2.05. The highest BCUT2D eigenvalue weighted by Gasteiger charge is 2.11. The van der Waals surface area contributed by atoms with Gasteiger partial charge in [0.2, 0.25) is 0 Å². The summed E-state index contributed by atoms with van der Waals surface area (Å²) in [5.41, 5.74) is 4.82. The normalized spacial score (nSPS) is 11.1. The monoisotopic (exact) mass is 283 g/mol. The van der Waals surface area contributed by atoms with Crippen LogP contribution in [-0.2, 0) is 0 Å². The fraction of sp³-hybridized carbons (Fsp3) is 0.0476. The van der Waals surface area contributed by atoms with Crippen LogP contribution in [0.3, 0.4) is 0 Å². The lowest BCUT2D eigenvalue weighted by Crippen LogP contribution is -2.29. The molecule has 0 aliphatic rings. The molecule has 22 heavy (non-hydrogen) atoms. The van der Waals surface area contributed by atoms with Crippen molar-refractivity contribution in [3.63, 3.8) is 0 Å². The van der Waals surface area contributed by atoms with Crippen molar-refractivity contribution >= 4 is 21.7 Å². The van der Waals surface area contributed by atoms with E-state index in [0.29, 0.717) is 0 Å². The number of aryl methyl sites for hydroxylation is 1. The van der Waals surface area contributed by atoms with Crippen LogP contribution in [0, 0.1) is 14.0 Å². The lowest BCUT2D eigenvalue weighted by atomic mass is 9.96. The van der Waals surface area contributed by atoms with Gasteiger partial charge in [0.25, 0.3) is 0 Å². The molecule has 1 nitrogen and oxygen atoms in total. The van der Waals surface area contributed by atoms with Crippen molar-refractivity contribution in [1.29, 1.82) is 0 Å². The highest BCUT2D eigenvalue weighted by molar-refractivity contribution is 5.97. The Morgan fingerprint density at radius 1 is 0.727 bits per heavy atom. The van der Waals surface area contributed by atoms with Crippen molar-refractivity contribution in [2.24, 2.45) is 0 Å². The fourth-order valence-corrected chi connectivity index (χ4v) is 3.20. The second-order valence-electron chi connectivity index (χ2n) is 5.68. The van der Waals surface area contributed by atoms with E-state index in [4.69, 9.17) is 0 Å². The highest BCUT2D eigenvalue weighted by Crippen LogP contribution is 2.30. The summed E-state index contributed by atoms with van der Waals surface area (Å²) in [5.74, 6) is 0. The van der Waals surface area contributed by atoms with Gasteiger partial charge in [-0.1, -0.05) is 60.7 Å². The van der Waals surface area contributed by atoms with Crippen molar-refractivity contribution in [2.75, 3.05) is 0 Å². The van der Waals surface area contributed by atoms with Gasteiger partial charge in [-0.25, -0.2) is 0 Å². The molecule has 4 rings (SSSR count). The van der Waals surface area contributed by atoms with E-state index >= 15 is 0 Å². The molecule has 0 aliphatic heterocycles. The Labute approximate surface area is 130 Å². The van der Waals surface area contributed by atoms with Crippen LogP contribution in [0.25, 0.3) is 32.9 Å². The van der Waals surface area contributed by atoms with Crippen LogP contribution < -0.4 is 4.57 Å². The maximum Gasteiger partial charge on any atom is 0.113 e. The summed E-state index contributed by atoms with van der Waals surface area (Å²) in [6, 6.07) is 25.6. The van der Waals surface area contributed by atoms with Gasteiger partial charge in [-0.3, -0.25) is 0 Å². The summed E-state index contributed by atoms with van der Waals surface area (Å²) in [4.78, 5) is 0. The largest absolute Gasteiger partial charge is 0.326 e. The van der Waals surface area contributed by atoms with E-state index in [-0.39, 0.29) is 0 Å². The van der Waals surface area contributed by atoms with E-state index < -0.39 is 0 Å². The first-order chi connectivity index (χ1) is 10.8. The van der Waals surface area contributed by atoms with E-state index in [1.54, 1.807) is 0 Å². The number of pyridine rings is 1. The molecule has 0 fully saturated rings. The second kappa shape index (κ2) is 4.88. The van der Waals surface area contributed by atoms with Gasteiger partial charge in [-0.15, -0.1) is 0 Å². The van der Waals surface area contributed by atoms with Gasteiger partial charge in [0.05, 0.1) is 0 Å². The Morgan fingerprint density at radius 2 is 1.41 bits per heavy atom. The molecule has 0 aliphatic carbocycles. The van der Waals surface area contributed by atoms with Crippen LogP contribution in [0.1, 0.15) is 5.56 Å². The average Bonchev–Trinajstić information content (AvgIpc) is 2.56. The SMILES string of the molecule is [CH2-][n+]1c(-c2c(C)ccc3ccccc23)ccc2ccccc21. The van der Waals surface area contributed by atoms with Gasteiger partial charge in [-0.2, -0.15) is 0 Å². The summed E-state index contributed by atoms with van der Waals surface area (Å²) in [6.07, 6.45) is 0. The van der Waals surface area contributed by atoms with E-state index in [1.807, 2.05) is 4.57 Å². The van der Waals surface area contributed by atoms with Gasteiger partial charge in [0.15, 0.2) is 0 Å². The van der Waals surface area contributed by atoms with Crippen molar-refractivity contribution in [3.8, 4) is 11.3 Å². The zero-order valence-corrected chi connectivity index (χ0v) is 12.6. The topological polar surface area (TPSA) is 3.88 Å². The number of nitrogens with zero attached hydrogens (tertiary/aromatic N) is 1. The third kappa shape index (κ3) is 1.86. The maximum atomic E-state index is 4.29. The molecule has 0 radical (unpaired) electrons. The van der Waals surface area contributed by atoms with Crippen LogP contribution >= 0.6 is 0 Å². The molecule has 4 aromatic rings. The Hall–Kier alpha value is -2.80. The first kappa shape index (κ1) is 12.9. The molecular formula is C21H17N. The summed E-state index contributed by atoms with van der Waals surface area (Å²) in [6.45, 7) is 2.16. The Bertz CT molecular complexity index is 999. The Morgan fingerprint density at radius 3 is 2.27 bits per heavy atom. The molecule has 0 atom stereocenters. The number of hydrogen-bond acceptors (Lipinski definition) is 0. The lowest BCUT2D eigenvalue weighted by molar-refractivity contribution is -0.572. The standard InChI is InChI=1S/C21H17N/c1-15-11-12-16-7-3-5-9-18(16)21(15)20-14-13-17-8-4-6-10-19(17)22(20)2/h3-14H,2H2,1H3. The van der Waals surface area contributed by atoms with Gasteiger partial charge in [0.1, 0.15) is 11.2 Å². The predicted octanol–water partition coefficient (Wildman–Crippen LogP) is 4.90. The molecule has 0 unspecified atom stereocenters. The minimum Gasteiger partial charge on any atom is -0.326 e. The van der Waals surface area contributed by atoms with Crippen molar-refractivity contribution < 1.29 is 4.57 Å². The molecule has 1 heteroatoms. The molecule has 3 aromatic carbocycles. The molecule has 106 valence electrons. The smallest absolute Gasteiger partial charge is 0.113 e. The summed E-state index contributed by atoms with van der Waals surface area (Å²) in [7, 11) is 4.29. The van der Waals surface area contributed by atoms with Gasteiger partial charge in [-0.05, 0) is 40.8 Å². The first-order valence-corrected chi connectivity index (χ1v) is 7.49. The zero-order valence-electron chi connectivity index (χ0n) is 12.6. The molecule has 0 N–H and O–H groups in total. The molecule has 0 spiro atoms. The van der Waals surface area contributed by atoms with Crippen LogP contribution in [0.4, 0.5) is 0 Å². The lowest BCUT2D eigenvalue weighted by Gasteiger charge is -2.15. The molecule has 0 amide bonds. The minimum atomic E-state index is 1.15. The number of rotatable bonds is 1. The Balaban J connectivity index is 2.12. The summed E-state index contributed by atoms with van der Waals surface area (Å²) in [5, 5.41) is 3.74. The highest BCUT2D eigenvalue weighted by atomic mass is 14.9. The molecule has 0 saturated carbocycles. The second-order valence-corrected chi connectivity index (χ2v) is 5.68. The fourth-order valence-electron chi connectivity index (χ4n) is 3.20. The molecule has 1 heterocycles. The molecule has 0 saturated heterocycles. The van der Waals surface area contributed by atoms with E-state index in [2.05, 4.69) is 86.8 Å². The van der Waals surface area contributed by atoms with Crippen molar-refractivity contribution in [3.05, 3.63) is 85.4 Å².